The Kier molecular flexibility index (Phi) is 14.9. The predicted molar refractivity (Wildman–Crippen MR) is 183 cm³/mol. The monoisotopic (exact) mass is 728 g/mol. The van der Waals surface area contributed by atoms with Crippen LogP contribution in [0.1, 0.15) is 39.1 Å². The third kappa shape index (κ3) is 11.9. The summed E-state index contributed by atoms with van der Waals surface area (Å²) in [7, 11) is 0. The molecule has 0 saturated carbocycles. The average molecular weight is 727 g/mol. The van der Waals surface area contributed by atoms with Crippen molar-refractivity contribution in [2.75, 3.05) is 0 Å². The maximum atomic E-state index is 4.89. The first-order valence-corrected chi connectivity index (χ1v) is 14.0. The first kappa shape index (κ1) is 35.0. The van der Waals surface area contributed by atoms with Crippen molar-refractivity contribution in [2.45, 2.75) is 27.7 Å². The van der Waals surface area contributed by atoms with Crippen LogP contribution >= 0.6 is 0 Å². The van der Waals surface area contributed by atoms with Gasteiger partial charge < -0.3 is 5.32 Å². The maximum Gasteiger partial charge on any atom is 4.00 e. The van der Waals surface area contributed by atoms with Gasteiger partial charge in [-0.25, -0.2) is 0 Å². The Labute approximate surface area is 278 Å². The van der Waals surface area contributed by atoms with E-state index in [1.165, 1.54) is 22.1 Å². The molecule has 0 aliphatic carbocycles. The summed E-state index contributed by atoms with van der Waals surface area (Å²) in [4.78, 5) is 4.70. The average Bonchev–Trinajstić information content (AvgIpc) is 2.98. The molecule has 0 N–H and O–H groups in total. The van der Waals surface area contributed by atoms with Crippen molar-refractivity contribution >= 4 is 22.3 Å². The van der Waals surface area contributed by atoms with Gasteiger partial charge in [-0.3, -0.25) is 4.98 Å². The number of hydrogen-bond donors (Lipinski definition) is 0. The predicted octanol–water partition coefficient (Wildman–Crippen LogP) is 11.4. The molecule has 0 radical (unpaired) electrons. The molecule has 0 fully saturated rings. The number of pyridine rings is 1. The number of nitrogens with zero attached hydrogens (tertiary/aromatic N) is 2. The largest absolute Gasteiger partial charge is 4.00 e. The molecule has 6 aromatic rings. The Morgan fingerprint density at radius 2 is 0.907 bits per heavy atom. The van der Waals surface area contributed by atoms with Gasteiger partial charge in [0.1, 0.15) is 0 Å². The van der Waals surface area contributed by atoms with Gasteiger partial charge in [-0.05, 0) is 39.3 Å². The van der Waals surface area contributed by atoms with Crippen LogP contribution in [-0.2, 0) is 25.8 Å². The van der Waals surface area contributed by atoms with Gasteiger partial charge in [0.15, 0.2) is 0 Å². The molecule has 1 heterocycles. The van der Waals surface area contributed by atoms with Crippen molar-refractivity contribution in [3.8, 4) is 0 Å². The quantitative estimate of drug-likeness (QED) is 0.129. The Morgan fingerprint density at radius 1 is 0.488 bits per heavy atom. The number of aromatic nitrogens is 1. The van der Waals surface area contributed by atoms with Crippen molar-refractivity contribution in [1.29, 1.82) is 0 Å². The summed E-state index contributed by atoms with van der Waals surface area (Å²) >= 11 is 0. The van der Waals surface area contributed by atoms with E-state index in [0.29, 0.717) is 0 Å². The molecule has 5 aromatic carbocycles. The van der Waals surface area contributed by atoms with Gasteiger partial charge in [0.2, 0.25) is 0 Å². The Morgan fingerprint density at radius 3 is 1.30 bits per heavy atom. The number of para-hydroxylation sites is 2. The molecule has 0 saturated heterocycles. The topological polar surface area (TPSA) is 27.0 Å². The summed E-state index contributed by atoms with van der Waals surface area (Å²) < 4.78 is 0. The van der Waals surface area contributed by atoms with Gasteiger partial charge in [0, 0.05) is 11.1 Å². The molecule has 2 nitrogen and oxygen atoms in total. The second-order valence-corrected chi connectivity index (χ2v) is 10.1. The van der Waals surface area contributed by atoms with E-state index in [4.69, 9.17) is 10.3 Å². The summed E-state index contributed by atoms with van der Waals surface area (Å²) in [6.07, 6.45) is 0. The minimum Gasteiger partial charge on any atom is -0.656 e. The van der Waals surface area contributed by atoms with E-state index in [2.05, 4.69) is 77.9 Å². The van der Waals surface area contributed by atoms with Crippen LogP contribution in [0, 0.1) is 48.5 Å². The molecule has 0 bridgehead atoms. The van der Waals surface area contributed by atoms with Crippen molar-refractivity contribution in [3.05, 3.63) is 199 Å². The minimum atomic E-state index is 0. The fourth-order valence-electron chi connectivity index (χ4n) is 4.19. The van der Waals surface area contributed by atoms with Crippen molar-refractivity contribution in [2.24, 2.45) is 0 Å². The summed E-state index contributed by atoms with van der Waals surface area (Å²) in [5, 5.41) is 6.06. The number of rotatable bonds is 2. The Bertz CT molecular complexity index is 1540. The zero-order valence-corrected chi connectivity index (χ0v) is 29.3. The zero-order chi connectivity index (χ0) is 30.3. The van der Waals surface area contributed by atoms with Crippen molar-refractivity contribution in [3.63, 3.8) is 0 Å². The molecular formula is C40H40HfN2. The Balaban J connectivity index is 0.000000239. The van der Waals surface area contributed by atoms with Crippen LogP contribution in [0.4, 0.5) is 11.4 Å². The van der Waals surface area contributed by atoms with Crippen LogP contribution in [0.2, 0.25) is 0 Å². The molecule has 6 rings (SSSR count). The first-order valence-electron chi connectivity index (χ1n) is 14.0. The third-order valence-corrected chi connectivity index (χ3v) is 6.35. The molecule has 0 atom stereocenters. The maximum absolute atomic E-state index is 4.89. The van der Waals surface area contributed by atoms with Gasteiger partial charge in [-0.15, -0.1) is 47.8 Å². The van der Waals surface area contributed by atoms with E-state index < -0.39 is 0 Å². The van der Waals surface area contributed by atoms with E-state index >= 15 is 0 Å². The summed E-state index contributed by atoms with van der Waals surface area (Å²) in [6, 6.07) is 44.2. The molecule has 214 valence electrons. The molecule has 3 heteroatoms. The van der Waals surface area contributed by atoms with Gasteiger partial charge in [0.05, 0.1) is 5.52 Å². The third-order valence-electron chi connectivity index (χ3n) is 6.35. The van der Waals surface area contributed by atoms with Crippen LogP contribution in [-0.4, -0.2) is 4.98 Å². The number of aryl methyl sites for hydroxylation is 4. The van der Waals surface area contributed by atoms with Gasteiger partial charge in [-0.2, -0.15) is 73.9 Å². The molecule has 1 aromatic heterocycles. The van der Waals surface area contributed by atoms with Crippen LogP contribution in [0.3, 0.4) is 0 Å². The van der Waals surface area contributed by atoms with Crippen molar-refractivity contribution < 1.29 is 25.8 Å². The molecule has 0 spiro atoms. The van der Waals surface area contributed by atoms with E-state index in [1.807, 2.05) is 104 Å². The van der Waals surface area contributed by atoms with Crippen LogP contribution in [0.5, 0.6) is 0 Å². The molecule has 0 unspecified atom stereocenters. The molecule has 0 amide bonds. The summed E-state index contributed by atoms with van der Waals surface area (Å²) in [6.45, 7) is 19.5. The Hall–Kier alpha value is -4.21. The minimum absolute atomic E-state index is 0. The molecule has 43 heavy (non-hydrogen) atoms. The van der Waals surface area contributed by atoms with E-state index in [-0.39, 0.29) is 25.8 Å². The molecular weight excluding hydrogens is 687 g/mol. The molecule has 0 aliphatic heterocycles. The standard InChI is InChI=1S/C19H19N2.3C7H7.Hf/c1-12-7-5-8-13(2)18(12)21-17-10-6-9-16-14(3)11-15(4)20-19(16)17;3*1-7-5-3-2-4-6-7;/h5-11H,1-4H3;3*2-6H,1H2;/q4*-1;+4. The number of fused-ring (bicyclic) bond motifs is 1. The van der Waals surface area contributed by atoms with E-state index in [1.54, 1.807) is 0 Å². The second-order valence-electron chi connectivity index (χ2n) is 10.1. The van der Waals surface area contributed by atoms with Gasteiger partial charge in [-0.1, -0.05) is 65.7 Å². The second kappa shape index (κ2) is 18.4. The van der Waals surface area contributed by atoms with Gasteiger partial charge >= 0.3 is 25.8 Å². The SMILES string of the molecule is Cc1cc(C)c2cccc([N-]c3c(C)cccc3C)c2n1.[CH2-]c1ccccc1.[CH2-]c1ccccc1.[CH2-]c1ccccc1.[Hf+4]. The number of benzene rings is 5. The van der Waals surface area contributed by atoms with Gasteiger partial charge in [0.25, 0.3) is 0 Å². The first-order chi connectivity index (χ1) is 20.2. The normalized spacial score (nSPS) is 9.49. The van der Waals surface area contributed by atoms with Crippen LogP contribution < -0.4 is 0 Å². The van der Waals surface area contributed by atoms with E-state index in [9.17, 15) is 0 Å². The van der Waals surface area contributed by atoms with Crippen molar-refractivity contribution in [1.82, 2.24) is 4.98 Å². The summed E-state index contributed by atoms with van der Waals surface area (Å²) in [5.41, 5.74) is 10.8. The number of hydrogen-bond acceptors (Lipinski definition) is 1. The molecule has 0 aliphatic rings. The zero-order valence-electron chi connectivity index (χ0n) is 25.7. The van der Waals surface area contributed by atoms with E-state index in [0.717, 1.165) is 39.3 Å². The fraction of sp³-hybridized carbons (Fsp3) is 0.100. The summed E-state index contributed by atoms with van der Waals surface area (Å²) in [5.74, 6) is 0. The van der Waals surface area contributed by atoms with Crippen LogP contribution in [0.15, 0.2) is 133 Å². The fourth-order valence-corrected chi connectivity index (χ4v) is 4.19. The smallest absolute Gasteiger partial charge is 0.656 e. The van der Waals surface area contributed by atoms with Crippen LogP contribution in [0.25, 0.3) is 16.2 Å².